The maximum absolute atomic E-state index is 10.8. The first kappa shape index (κ1) is 11.4. The number of thioether (sulfide) groups is 1. The molecule has 0 aromatic carbocycles. The van der Waals surface area contributed by atoms with Gasteiger partial charge in [-0.15, -0.1) is 0 Å². The van der Waals surface area contributed by atoms with Gasteiger partial charge in [0.1, 0.15) is 0 Å². The number of hydrogen-bond acceptors (Lipinski definition) is 3. The molecule has 0 amide bonds. The molecule has 1 unspecified atom stereocenters. The first-order chi connectivity index (χ1) is 5.99. The summed E-state index contributed by atoms with van der Waals surface area (Å²) in [5, 5.41) is 0. The monoisotopic (exact) mass is 240 g/mol. The van der Waals surface area contributed by atoms with Crippen molar-refractivity contribution in [3.63, 3.8) is 0 Å². The van der Waals surface area contributed by atoms with Crippen LogP contribution in [0.4, 0.5) is 0 Å². The number of rotatable bonds is 3. The van der Waals surface area contributed by atoms with Crippen molar-refractivity contribution >= 4 is 31.5 Å². The summed E-state index contributed by atoms with van der Waals surface area (Å²) in [6.45, 7) is 3.79. The third-order valence-electron chi connectivity index (χ3n) is 2.10. The fourth-order valence-electron chi connectivity index (χ4n) is 1.40. The number of hydrogen-bond donors (Lipinski definition) is 0. The topological polar surface area (TPSA) is 34.1 Å². The second kappa shape index (κ2) is 4.71. The van der Waals surface area contributed by atoms with Crippen LogP contribution in [0.1, 0.15) is 12.8 Å². The fourth-order valence-corrected chi connectivity index (χ4v) is 3.73. The molecule has 1 atom stereocenters. The minimum absolute atomic E-state index is 0.0697. The summed E-state index contributed by atoms with van der Waals surface area (Å²) in [5.41, 5.74) is 0.766. The highest BCUT2D eigenvalue weighted by Crippen LogP contribution is 2.28. The molecule has 1 rings (SSSR count). The zero-order valence-electron chi connectivity index (χ0n) is 7.33. The second-order valence-electron chi connectivity index (χ2n) is 3.26. The highest BCUT2D eigenvalue weighted by atomic mass is 35.7. The molecule has 1 aliphatic heterocycles. The van der Waals surface area contributed by atoms with Gasteiger partial charge in [-0.2, -0.15) is 11.8 Å². The van der Waals surface area contributed by atoms with E-state index in [4.69, 9.17) is 10.7 Å². The molecule has 5 heteroatoms. The van der Waals surface area contributed by atoms with Crippen LogP contribution in [0.15, 0.2) is 12.2 Å². The number of halogens is 1. The summed E-state index contributed by atoms with van der Waals surface area (Å²) in [5.74, 6) is 2.44. The van der Waals surface area contributed by atoms with Crippen LogP contribution in [0.2, 0.25) is 0 Å². The molecule has 0 saturated carbocycles. The van der Waals surface area contributed by atoms with E-state index in [-0.39, 0.29) is 5.75 Å². The Morgan fingerprint density at radius 3 is 2.77 bits per heavy atom. The van der Waals surface area contributed by atoms with E-state index in [0.29, 0.717) is 5.92 Å². The predicted octanol–water partition coefficient (Wildman–Crippen LogP) is 2.25. The van der Waals surface area contributed by atoms with E-state index in [1.165, 1.54) is 5.75 Å². The van der Waals surface area contributed by atoms with Gasteiger partial charge in [-0.3, -0.25) is 0 Å². The molecule has 0 spiro atoms. The molecule has 0 bridgehead atoms. The van der Waals surface area contributed by atoms with E-state index in [1.54, 1.807) is 0 Å². The quantitative estimate of drug-likeness (QED) is 0.561. The lowest BCUT2D eigenvalue weighted by Crippen LogP contribution is -2.16. The van der Waals surface area contributed by atoms with Crippen molar-refractivity contribution < 1.29 is 8.42 Å². The SMILES string of the molecule is C=C(CS(=O)(=O)Cl)C1CCCSC1. The van der Waals surface area contributed by atoms with Crippen LogP contribution in [0.5, 0.6) is 0 Å². The van der Waals surface area contributed by atoms with Gasteiger partial charge in [0, 0.05) is 10.7 Å². The van der Waals surface area contributed by atoms with Gasteiger partial charge in [-0.05, 0) is 30.3 Å². The van der Waals surface area contributed by atoms with Crippen molar-refractivity contribution in [3.8, 4) is 0 Å². The van der Waals surface area contributed by atoms with Crippen molar-refractivity contribution in [2.45, 2.75) is 12.8 Å². The van der Waals surface area contributed by atoms with Gasteiger partial charge in [0.25, 0.3) is 0 Å². The van der Waals surface area contributed by atoms with Crippen LogP contribution in [-0.2, 0) is 9.05 Å². The minimum atomic E-state index is -3.41. The van der Waals surface area contributed by atoms with E-state index in [0.717, 1.165) is 24.2 Å². The summed E-state index contributed by atoms with van der Waals surface area (Å²) >= 11 is 1.86. The standard InChI is InChI=1S/C8H13ClO2S2/c1-7(6-13(9,10)11)8-3-2-4-12-5-8/h8H,1-6H2. The van der Waals surface area contributed by atoms with E-state index in [2.05, 4.69) is 6.58 Å². The van der Waals surface area contributed by atoms with Gasteiger partial charge in [0.2, 0.25) is 9.05 Å². The average molecular weight is 241 g/mol. The first-order valence-corrected chi connectivity index (χ1v) is 7.80. The molecule has 1 aliphatic rings. The Balaban J connectivity index is 2.47. The highest BCUT2D eigenvalue weighted by Gasteiger charge is 2.20. The largest absolute Gasteiger partial charge is 0.236 e. The Hall–Kier alpha value is 0.330. The lowest BCUT2D eigenvalue weighted by atomic mass is 9.98. The van der Waals surface area contributed by atoms with Crippen molar-refractivity contribution in [1.82, 2.24) is 0 Å². The molecule has 76 valence electrons. The third kappa shape index (κ3) is 4.38. The average Bonchev–Trinajstić information content (AvgIpc) is 2.03. The Morgan fingerprint density at radius 2 is 2.31 bits per heavy atom. The summed E-state index contributed by atoms with van der Waals surface area (Å²) in [4.78, 5) is 0. The lowest BCUT2D eigenvalue weighted by molar-refractivity contribution is 0.587. The Morgan fingerprint density at radius 1 is 1.62 bits per heavy atom. The molecule has 13 heavy (non-hydrogen) atoms. The lowest BCUT2D eigenvalue weighted by Gasteiger charge is -2.22. The van der Waals surface area contributed by atoms with Gasteiger partial charge in [-0.25, -0.2) is 8.42 Å². The summed E-state index contributed by atoms with van der Waals surface area (Å²) in [6, 6.07) is 0. The summed E-state index contributed by atoms with van der Waals surface area (Å²) in [7, 11) is 1.74. The van der Waals surface area contributed by atoms with Gasteiger partial charge in [0.05, 0.1) is 5.75 Å². The van der Waals surface area contributed by atoms with Crippen LogP contribution < -0.4 is 0 Å². The van der Waals surface area contributed by atoms with Crippen LogP contribution in [-0.4, -0.2) is 25.7 Å². The summed E-state index contributed by atoms with van der Waals surface area (Å²) in [6.07, 6.45) is 2.20. The first-order valence-electron chi connectivity index (χ1n) is 4.17. The van der Waals surface area contributed by atoms with Crippen LogP contribution in [0, 0.1) is 5.92 Å². The fraction of sp³-hybridized carbons (Fsp3) is 0.750. The van der Waals surface area contributed by atoms with Crippen molar-refractivity contribution in [2.75, 3.05) is 17.3 Å². The van der Waals surface area contributed by atoms with Crippen LogP contribution in [0.3, 0.4) is 0 Å². The molecule has 2 nitrogen and oxygen atoms in total. The van der Waals surface area contributed by atoms with Gasteiger partial charge >= 0.3 is 0 Å². The molecule has 0 aliphatic carbocycles. The molecule has 0 N–H and O–H groups in total. The molecule has 1 heterocycles. The normalized spacial score (nSPS) is 24.2. The van der Waals surface area contributed by atoms with E-state index >= 15 is 0 Å². The van der Waals surface area contributed by atoms with Crippen LogP contribution >= 0.6 is 22.4 Å². The molecular formula is C8H13ClO2S2. The zero-order chi connectivity index (χ0) is 9.90. The predicted molar refractivity (Wildman–Crippen MR) is 58.8 cm³/mol. The molecule has 0 aromatic heterocycles. The Labute approximate surface area is 88.2 Å². The Kier molecular flexibility index (Phi) is 4.13. The van der Waals surface area contributed by atoms with Gasteiger partial charge < -0.3 is 0 Å². The van der Waals surface area contributed by atoms with Gasteiger partial charge in [-0.1, -0.05) is 12.2 Å². The molecule has 1 saturated heterocycles. The summed E-state index contributed by atoms with van der Waals surface area (Å²) < 4.78 is 21.6. The molecule has 1 fully saturated rings. The molecular weight excluding hydrogens is 228 g/mol. The van der Waals surface area contributed by atoms with E-state index < -0.39 is 9.05 Å². The molecule has 0 radical (unpaired) electrons. The third-order valence-corrected chi connectivity index (χ3v) is 4.35. The smallest absolute Gasteiger partial charge is 0.212 e. The van der Waals surface area contributed by atoms with E-state index in [1.807, 2.05) is 11.8 Å². The maximum Gasteiger partial charge on any atom is 0.236 e. The zero-order valence-corrected chi connectivity index (χ0v) is 9.72. The molecule has 0 aromatic rings. The highest BCUT2D eigenvalue weighted by molar-refractivity contribution is 8.13. The van der Waals surface area contributed by atoms with E-state index in [9.17, 15) is 8.42 Å². The second-order valence-corrected chi connectivity index (χ2v) is 7.18. The minimum Gasteiger partial charge on any atom is -0.212 e. The van der Waals surface area contributed by atoms with Gasteiger partial charge in [0.15, 0.2) is 0 Å². The van der Waals surface area contributed by atoms with Crippen molar-refractivity contribution in [1.29, 1.82) is 0 Å². The maximum atomic E-state index is 10.8. The Bertz CT molecular complexity index is 279. The van der Waals surface area contributed by atoms with Crippen molar-refractivity contribution in [3.05, 3.63) is 12.2 Å². The van der Waals surface area contributed by atoms with Crippen molar-refractivity contribution in [2.24, 2.45) is 5.92 Å². The van der Waals surface area contributed by atoms with Crippen LogP contribution in [0.25, 0.3) is 0 Å².